The molecule has 1 aromatic heterocycles. The van der Waals surface area contributed by atoms with Crippen LogP contribution in [-0.2, 0) is 4.79 Å². The lowest BCUT2D eigenvalue weighted by Gasteiger charge is -2.12. The van der Waals surface area contributed by atoms with Crippen molar-refractivity contribution in [3.63, 3.8) is 0 Å². The maximum Gasteiger partial charge on any atom is 0.257 e. The summed E-state index contributed by atoms with van der Waals surface area (Å²) in [4.78, 5) is 32.4. The van der Waals surface area contributed by atoms with E-state index < -0.39 is 11.7 Å². The van der Waals surface area contributed by atoms with Crippen LogP contribution in [0.1, 0.15) is 17.3 Å². The molecule has 3 aromatic rings. The average Bonchev–Trinajstić information content (AvgIpc) is 2.67. The topological polar surface area (TPSA) is 95.5 Å². The predicted octanol–water partition coefficient (Wildman–Crippen LogP) is 5.02. The molecule has 0 saturated heterocycles. The van der Waals surface area contributed by atoms with Gasteiger partial charge in [-0.1, -0.05) is 29.3 Å². The second-order valence-electron chi connectivity index (χ2n) is 6.27. The first-order valence-electron chi connectivity index (χ1n) is 8.92. The fourth-order valence-corrected chi connectivity index (χ4v) is 2.83. The van der Waals surface area contributed by atoms with Gasteiger partial charge in [0.1, 0.15) is 11.6 Å². The molecule has 2 amide bonds. The highest BCUT2D eigenvalue weighted by Crippen LogP contribution is 2.19. The highest BCUT2D eigenvalue weighted by molar-refractivity contribution is 6.31. The Morgan fingerprint density at radius 2 is 1.71 bits per heavy atom. The summed E-state index contributed by atoms with van der Waals surface area (Å²) in [6.07, 6.45) is 0. The summed E-state index contributed by atoms with van der Waals surface area (Å²) in [5.41, 5.74) is 0.592. The Bertz CT molecular complexity index is 1130. The van der Waals surface area contributed by atoms with Crippen LogP contribution in [0, 0.1) is 5.82 Å². The van der Waals surface area contributed by atoms with Crippen LogP contribution in [0.5, 0.6) is 0 Å². The van der Waals surface area contributed by atoms with Gasteiger partial charge in [-0.2, -0.15) is 4.99 Å². The molecule has 0 radical (unpaired) electrons. The highest BCUT2D eigenvalue weighted by atomic mass is 35.5. The smallest absolute Gasteiger partial charge is 0.257 e. The van der Waals surface area contributed by atoms with Gasteiger partial charge < -0.3 is 10.6 Å². The number of hydrogen-bond acceptors (Lipinski definition) is 4. The molecule has 0 bridgehead atoms. The molecule has 0 aliphatic rings. The summed E-state index contributed by atoms with van der Waals surface area (Å²) < 4.78 is 13.7. The van der Waals surface area contributed by atoms with Crippen molar-refractivity contribution in [3.05, 3.63) is 82.1 Å². The first-order chi connectivity index (χ1) is 14.8. The van der Waals surface area contributed by atoms with Crippen molar-refractivity contribution in [1.82, 2.24) is 10.3 Å². The van der Waals surface area contributed by atoms with E-state index in [-0.39, 0.29) is 34.2 Å². The van der Waals surface area contributed by atoms with E-state index >= 15 is 0 Å². The number of aliphatic imine (C=N–C) groups is 1. The van der Waals surface area contributed by atoms with Gasteiger partial charge in [0, 0.05) is 28.2 Å². The van der Waals surface area contributed by atoms with Gasteiger partial charge in [0.15, 0.2) is 5.82 Å². The third-order valence-electron chi connectivity index (χ3n) is 3.73. The van der Waals surface area contributed by atoms with E-state index in [1.54, 1.807) is 42.5 Å². The van der Waals surface area contributed by atoms with E-state index in [0.29, 0.717) is 10.6 Å². The molecule has 3 N–H and O–H groups in total. The maximum atomic E-state index is 13.7. The van der Waals surface area contributed by atoms with Crippen molar-refractivity contribution in [2.75, 3.05) is 10.6 Å². The lowest BCUT2D eigenvalue weighted by Crippen LogP contribution is -2.35. The summed E-state index contributed by atoms with van der Waals surface area (Å²) in [6.45, 7) is 1.35. The Balaban J connectivity index is 1.93. The number of carbonyl (C=O) groups is 2. The summed E-state index contributed by atoms with van der Waals surface area (Å²) in [5.74, 6) is -0.905. The zero-order valence-electron chi connectivity index (χ0n) is 16.1. The van der Waals surface area contributed by atoms with Crippen molar-refractivity contribution in [1.29, 1.82) is 0 Å². The summed E-state index contributed by atoms with van der Waals surface area (Å²) in [7, 11) is 0. The molecular weight excluding hydrogens is 444 g/mol. The Morgan fingerprint density at radius 3 is 2.39 bits per heavy atom. The van der Waals surface area contributed by atoms with E-state index in [4.69, 9.17) is 23.2 Å². The molecule has 0 atom stereocenters. The number of hydrogen-bond donors (Lipinski definition) is 3. The summed E-state index contributed by atoms with van der Waals surface area (Å²) in [5, 5.41) is 8.63. The molecule has 10 heteroatoms. The number of benzene rings is 2. The molecule has 7 nitrogen and oxygen atoms in total. The van der Waals surface area contributed by atoms with Crippen LogP contribution < -0.4 is 16.0 Å². The monoisotopic (exact) mass is 459 g/mol. The van der Waals surface area contributed by atoms with Crippen LogP contribution in [0.4, 0.5) is 21.7 Å². The zero-order chi connectivity index (χ0) is 22.4. The minimum absolute atomic E-state index is 0.0332. The Kier molecular flexibility index (Phi) is 7.17. The minimum Gasteiger partial charge on any atom is -0.325 e. The van der Waals surface area contributed by atoms with Gasteiger partial charge in [0.2, 0.25) is 11.9 Å². The van der Waals surface area contributed by atoms with E-state index in [9.17, 15) is 14.0 Å². The minimum atomic E-state index is -0.566. The van der Waals surface area contributed by atoms with E-state index in [1.165, 1.54) is 19.1 Å². The summed E-state index contributed by atoms with van der Waals surface area (Å²) in [6, 6.07) is 14.8. The third-order valence-corrected chi connectivity index (χ3v) is 4.20. The number of amides is 2. The van der Waals surface area contributed by atoms with Gasteiger partial charge in [-0.25, -0.2) is 9.37 Å². The van der Waals surface area contributed by atoms with Crippen LogP contribution in [-0.4, -0.2) is 22.8 Å². The van der Waals surface area contributed by atoms with Gasteiger partial charge in [-0.3, -0.25) is 14.9 Å². The van der Waals surface area contributed by atoms with Crippen LogP contribution in [0.2, 0.25) is 10.0 Å². The molecule has 0 unspecified atom stereocenters. The maximum absolute atomic E-state index is 13.7. The summed E-state index contributed by atoms with van der Waals surface area (Å²) >= 11 is 11.8. The number of anilines is 2. The quantitative estimate of drug-likeness (QED) is 0.377. The Labute approximate surface area is 187 Å². The molecule has 158 valence electrons. The number of aromatic nitrogens is 1. The van der Waals surface area contributed by atoms with E-state index in [0.717, 1.165) is 6.07 Å². The fraction of sp³-hybridized carbons (Fsp3) is 0.0476. The first-order valence-corrected chi connectivity index (χ1v) is 9.67. The number of carbonyl (C=O) groups excluding carboxylic acids is 2. The van der Waals surface area contributed by atoms with Crippen LogP contribution in [0.25, 0.3) is 0 Å². The number of rotatable bonds is 4. The lowest BCUT2D eigenvalue weighted by molar-refractivity contribution is -0.114. The van der Waals surface area contributed by atoms with Gasteiger partial charge in [0.05, 0.1) is 0 Å². The highest BCUT2D eigenvalue weighted by Gasteiger charge is 2.11. The second-order valence-corrected chi connectivity index (χ2v) is 7.14. The molecule has 0 spiro atoms. The average molecular weight is 460 g/mol. The Hall–Kier alpha value is -3.49. The number of halogens is 3. The fourth-order valence-electron chi connectivity index (χ4n) is 2.48. The standard InChI is InChI=1S/C21H16Cl2FN5O2/c1-12(30)25-18-3-2-4-19(27-18)28-21(26-17-10-15(23)9-16(24)11-17)29-20(31)13-5-7-14(22)8-6-13/h2-11H,1H3,(H3,25,26,27,28,29,30,31). The van der Waals surface area contributed by atoms with Crippen molar-refractivity contribution in [3.8, 4) is 0 Å². The normalized spacial score (nSPS) is 11.0. The SMILES string of the molecule is CC(=O)Nc1cccc(/N=C(\NC(=O)c2ccc(Cl)cc2)Nc2cc(F)cc(Cl)c2)n1. The molecule has 1 heterocycles. The molecule has 0 aliphatic carbocycles. The van der Waals surface area contributed by atoms with Gasteiger partial charge in [0.25, 0.3) is 5.91 Å². The van der Waals surface area contributed by atoms with E-state index in [1.807, 2.05) is 0 Å². The predicted molar refractivity (Wildman–Crippen MR) is 120 cm³/mol. The van der Waals surface area contributed by atoms with Gasteiger partial charge in [-0.05, 0) is 54.6 Å². The largest absolute Gasteiger partial charge is 0.325 e. The van der Waals surface area contributed by atoms with Crippen LogP contribution >= 0.6 is 23.2 Å². The molecule has 3 rings (SSSR count). The molecule has 2 aromatic carbocycles. The molecule has 0 saturated carbocycles. The molecule has 0 aliphatic heterocycles. The molecule has 0 fully saturated rings. The second kappa shape index (κ2) is 10.0. The van der Waals surface area contributed by atoms with Crippen LogP contribution in [0.3, 0.4) is 0 Å². The van der Waals surface area contributed by atoms with Crippen molar-refractivity contribution in [2.45, 2.75) is 6.92 Å². The Morgan fingerprint density at radius 1 is 0.968 bits per heavy atom. The third kappa shape index (κ3) is 6.77. The first kappa shape index (κ1) is 22.2. The van der Waals surface area contributed by atoms with Crippen molar-refractivity contribution >= 4 is 58.3 Å². The lowest BCUT2D eigenvalue weighted by atomic mass is 10.2. The van der Waals surface area contributed by atoms with Crippen molar-refractivity contribution in [2.24, 2.45) is 4.99 Å². The van der Waals surface area contributed by atoms with Gasteiger partial charge >= 0.3 is 0 Å². The number of pyridine rings is 1. The molecular formula is C21H16Cl2FN5O2. The number of guanidine groups is 1. The number of nitrogens with zero attached hydrogens (tertiary/aromatic N) is 2. The van der Waals surface area contributed by atoms with Crippen molar-refractivity contribution < 1.29 is 14.0 Å². The van der Waals surface area contributed by atoms with Crippen LogP contribution in [0.15, 0.2) is 65.7 Å². The van der Waals surface area contributed by atoms with E-state index in [2.05, 4.69) is 25.9 Å². The number of nitrogens with one attached hydrogen (secondary N) is 3. The molecule has 31 heavy (non-hydrogen) atoms. The zero-order valence-corrected chi connectivity index (χ0v) is 17.6. The van der Waals surface area contributed by atoms with Gasteiger partial charge in [-0.15, -0.1) is 0 Å².